The molecule has 3 rings (SSSR count). The Hall–Kier alpha value is -2.69. The molecule has 0 atom stereocenters. The summed E-state index contributed by atoms with van der Waals surface area (Å²) in [6.45, 7) is 0.599. The number of nitrogens with one attached hydrogen (secondary N) is 1. The van der Waals surface area contributed by atoms with Crippen molar-refractivity contribution in [3.05, 3.63) is 71.5 Å². The molecule has 1 N–H and O–H groups in total. The van der Waals surface area contributed by atoms with Crippen LogP contribution in [0.15, 0.2) is 54.6 Å². The molecule has 0 saturated carbocycles. The molecule has 3 aromatic rings. The van der Waals surface area contributed by atoms with Crippen molar-refractivity contribution in [2.24, 2.45) is 0 Å². The van der Waals surface area contributed by atoms with Crippen LogP contribution in [0.1, 0.15) is 29.8 Å². The van der Waals surface area contributed by atoms with Crippen molar-refractivity contribution in [3.8, 4) is 5.75 Å². The Morgan fingerprint density at radius 2 is 1.70 bits per heavy atom. The lowest BCUT2D eigenvalue weighted by Gasteiger charge is -2.08. The van der Waals surface area contributed by atoms with E-state index in [4.69, 9.17) is 4.74 Å². The van der Waals surface area contributed by atoms with Crippen LogP contribution in [0.3, 0.4) is 0 Å². The monoisotopic (exact) mass is 308 g/mol. The summed E-state index contributed by atoms with van der Waals surface area (Å²) in [5.41, 5.74) is 2.47. The number of tetrazole rings is 1. The molecule has 0 fully saturated rings. The van der Waals surface area contributed by atoms with E-state index in [0.29, 0.717) is 6.61 Å². The Labute approximate surface area is 135 Å². The number of unbranched alkanes of at least 4 members (excludes halogenated alkanes) is 1. The van der Waals surface area contributed by atoms with Gasteiger partial charge in [-0.3, -0.25) is 0 Å². The maximum Gasteiger partial charge on any atom is 0.174 e. The largest absolute Gasteiger partial charge is 0.489 e. The number of hydrogen-bond acceptors (Lipinski definition) is 4. The van der Waals surface area contributed by atoms with Crippen LogP contribution in [0.4, 0.5) is 0 Å². The third-order valence-corrected chi connectivity index (χ3v) is 3.65. The highest BCUT2D eigenvalue weighted by Gasteiger charge is 2.01. The second-order valence-electron chi connectivity index (χ2n) is 5.46. The smallest absolute Gasteiger partial charge is 0.174 e. The Kier molecular flexibility index (Phi) is 5.34. The van der Waals surface area contributed by atoms with E-state index in [0.717, 1.165) is 37.3 Å². The summed E-state index contributed by atoms with van der Waals surface area (Å²) in [5.74, 6) is 1.70. The van der Waals surface area contributed by atoms with Crippen molar-refractivity contribution in [2.45, 2.75) is 32.3 Å². The van der Waals surface area contributed by atoms with Crippen molar-refractivity contribution >= 4 is 0 Å². The van der Waals surface area contributed by atoms with Crippen LogP contribution in [0.2, 0.25) is 0 Å². The van der Waals surface area contributed by atoms with E-state index in [1.807, 2.05) is 24.3 Å². The normalized spacial score (nSPS) is 10.6. The predicted octanol–water partition coefficient (Wildman–Crippen LogP) is 3.34. The molecule has 0 saturated heterocycles. The van der Waals surface area contributed by atoms with Crippen LogP contribution >= 0.6 is 0 Å². The first-order valence-electron chi connectivity index (χ1n) is 7.88. The third-order valence-electron chi connectivity index (χ3n) is 3.65. The highest BCUT2D eigenvalue weighted by atomic mass is 16.5. The first kappa shape index (κ1) is 15.2. The van der Waals surface area contributed by atoms with Gasteiger partial charge in [0.15, 0.2) is 5.82 Å². The summed E-state index contributed by atoms with van der Waals surface area (Å²) < 4.78 is 5.87. The fourth-order valence-electron chi connectivity index (χ4n) is 2.43. The van der Waals surface area contributed by atoms with Gasteiger partial charge in [-0.05, 0) is 42.5 Å². The lowest BCUT2D eigenvalue weighted by molar-refractivity contribution is 0.306. The third kappa shape index (κ3) is 4.92. The molecule has 2 aromatic carbocycles. The van der Waals surface area contributed by atoms with Gasteiger partial charge in [-0.25, -0.2) is 0 Å². The highest BCUT2D eigenvalue weighted by Crippen LogP contribution is 2.17. The summed E-state index contributed by atoms with van der Waals surface area (Å²) in [7, 11) is 0. The number of H-pyrrole nitrogens is 1. The van der Waals surface area contributed by atoms with E-state index in [9.17, 15) is 0 Å². The zero-order valence-corrected chi connectivity index (χ0v) is 13.0. The zero-order chi connectivity index (χ0) is 15.7. The summed E-state index contributed by atoms with van der Waals surface area (Å²) in [4.78, 5) is 0. The number of nitrogens with zero attached hydrogens (tertiary/aromatic N) is 3. The van der Waals surface area contributed by atoms with Gasteiger partial charge >= 0.3 is 0 Å². The number of rotatable bonds is 8. The van der Waals surface area contributed by atoms with Crippen LogP contribution in [-0.4, -0.2) is 20.6 Å². The molecule has 1 aromatic heterocycles. The number of aromatic nitrogens is 4. The molecular formula is C18H20N4O. The Morgan fingerprint density at radius 1 is 0.870 bits per heavy atom. The predicted molar refractivity (Wildman–Crippen MR) is 88.0 cm³/mol. The molecule has 5 nitrogen and oxygen atoms in total. The Morgan fingerprint density at radius 3 is 2.52 bits per heavy atom. The number of benzene rings is 2. The second kappa shape index (κ2) is 8.08. The fraction of sp³-hybridized carbons (Fsp3) is 0.278. The van der Waals surface area contributed by atoms with Gasteiger partial charge in [0.1, 0.15) is 12.4 Å². The van der Waals surface area contributed by atoms with Gasteiger partial charge in [-0.15, -0.1) is 10.2 Å². The van der Waals surface area contributed by atoms with Crippen molar-refractivity contribution in [1.29, 1.82) is 0 Å². The molecule has 1 heterocycles. The molecular weight excluding hydrogens is 288 g/mol. The van der Waals surface area contributed by atoms with Crippen molar-refractivity contribution < 1.29 is 4.74 Å². The first-order valence-corrected chi connectivity index (χ1v) is 7.88. The average Bonchev–Trinajstić information content (AvgIpc) is 3.12. The summed E-state index contributed by atoms with van der Waals surface area (Å²) in [6.07, 6.45) is 4.03. The molecule has 0 aliphatic heterocycles. The van der Waals surface area contributed by atoms with Gasteiger partial charge in [-0.2, -0.15) is 5.21 Å². The molecule has 0 aliphatic carbocycles. The standard InChI is InChI=1S/C18H20N4O/c1-2-8-16(9-3-1)14-23-17-11-6-10-15(13-17)7-4-5-12-18-19-21-22-20-18/h1-3,6,8-11,13H,4-5,7,12,14H2,(H,19,20,21,22). The second-order valence-corrected chi connectivity index (χ2v) is 5.46. The van der Waals surface area contributed by atoms with E-state index in [1.165, 1.54) is 11.1 Å². The van der Waals surface area contributed by atoms with E-state index in [2.05, 4.69) is 51.0 Å². The lowest BCUT2D eigenvalue weighted by Crippen LogP contribution is -1.96. The van der Waals surface area contributed by atoms with Gasteiger partial charge in [-0.1, -0.05) is 47.7 Å². The van der Waals surface area contributed by atoms with Crippen LogP contribution < -0.4 is 4.74 Å². The van der Waals surface area contributed by atoms with E-state index in [-0.39, 0.29) is 0 Å². The molecule has 5 heteroatoms. The quantitative estimate of drug-likeness (QED) is 0.648. The minimum Gasteiger partial charge on any atom is -0.489 e. The lowest BCUT2D eigenvalue weighted by atomic mass is 10.1. The maximum atomic E-state index is 5.87. The number of hydrogen-bond donors (Lipinski definition) is 1. The van der Waals surface area contributed by atoms with Crippen molar-refractivity contribution in [3.63, 3.8) is 0 Å². The molecule has 23 heavy (non-hydrogen) atoms. The SMILES string of the molecule is c1ccc(COc2cccc(CCCCc3nn[nH]n3)c2)cc1. The molecule has 0 radical (unpaired) electrons. The molecule has 0 spiro atoms. The molecule has 0 amide bonds. The summed E-state index contributed by atoms with van der Waals surface area (Å²) in [6, 6.07) is 18.5. The van der Waals surface area contributed by atoms with Crippen molar-refractivity contribution in [1.82, 2.24) is 20.6 Å². The number of aromatic amines is 1. The molecule has 0 aliphatic rings. The van der Waals surface area contributed by atoms with Gasteiger partial charge in [0, 0.05) is 6.42 Å². The van der Waals surface area contributed by atoms with Gasteiger partial charge < -0.3 is 4.74 Å². The zero-order valence-electron chi connectivity index (χ0n) is 13.0. The first-order chi connectivity index (χ1) is 11.4. The fourth-order valence-corrected chi connectivity index (χ4v) is 2.43. The van der Waals surface area contributed by atoms with E-state index >= 15 is 0 Å². The molecule has 0 bridgehead atoms. The minimum atomic E-state index is 0.599. The van der Waals surface area contributed by atoms with Gasteiger partial charge in [0.2, 0.25) is 0 Å². The maximum absolute atomic E-state index is 5.87. The van der Waals surface area contributed by atoms with Crippen LogP contribution in [0.5, 0.6) is 5.75 Å². The minimum absolute atomic E-state index is 0.599. The summed E-state index contributed by atoms with van der Waals surface area (Å²) in [5, 5.41) is 14.0. The molecule has 118 valence electrons. The number of ether oxygens (including phenoxy) is 1. The van der Waals surface area contributed by atoms with Crippen LogP contribution in [0, 0.1) is 0 Å². The topological polar surface area (TPSA) is 63.7 Å². The average molecular weight is 308 g/mol. The van der Waals surface area contributed by atoms with E-state index in [1.54, 1.807) is 0 Å². The van der Waals surface area contributed by atoms with E-state index < -0.39 is 0 Å². The van der Waals surface area contributed by atoms with Crippen LogP contribution in [0.25, 0.3) is 0 Å². The Bertz CT molecular complexity index is 698. The Balaban J connectivity index is 1.45. The van der Waals surface area contributed by atoms with Gasteiger partial charge in [0.25, 0.3) is 0 Å². The number of aryl methyl sites for hydroxylation is 2. The van der Waals surface area contributed by atoms with Crippen molar-refractivity contribution in [2.75, 3.05) is 0 Å². The highest BCUT2D eigenvalue weighted by molar-refractivity contribution is 5.29. The summed E-state index contributed by atoms with van der Waals surface area (Å²) >= 11 is 0. The molecule has 0 unspecified atom stereocenters. The van der Waals surface area contributed by atoms with Crippen LogP contribution in [-0.2, 0) is 19.4 Å². The van der Waals surface area contributed by atoms with Gasteiger partial charge in [0.05, 0.1) is 0 Å².